The Morgan fingerprint density at radius 3 is 2.81 bits per heavy atom. The Kier molecular flexibility index (Phi) is 5.33. The van der Waals surface area contributed by atoms with Gasteiger partial charge in [-0.15, -0.1) is 0 Å². The van der Waals surface area contributed by atoms with Gasteiger partial charge in [-0.2, -0.15) is 4.98 Å². The number of morpholine rings is 1. The summed E-state index contributed by atoms with van der Waals surface area (Å²) in [5, 5.41) is 9.50. The predicted octanol–water partition coefficient (Wildman–Crippen LogP) is 3.75. The van der Waals surface area contributed by atoms with Crippen molar-refractivity contribution in [3.63, 3.8) is 0 Å². The highest BCUT2D eigenvalue weighted by Gasteiger charge is 2.39. The second kappa shape index (κ2) is 7.25. The van der Waals surface area contributed by atoms with Crippen molar-refractivity contribution in [3.8, 4) is 0 Å². The zero-order chi connectivity index (χ0) is 19.8. The van der Waals surface area contributed by atoms with Gasteiger partial charge >= 0.3 is 5.97 Å². The van der Waals surface area contributed by atoms with Crippen LogP contribution < -0.4 is 4.90 Å². The number of hydrogen-bond donors (Lipinski definition) is 1. The SMILES string of the molecule is CC(C)(C)[Si](C)(C)OCC1COCCN1c1nc2c(C(=O)O)cccc2o1. The molecule has 3 rings (SSSR count). The lowest BCUT2D eigenvalue weighted by Crippen LogP contribution is -2.51. The van der Waals surface area contributed by atoms with Crippen molar-refractivity contribution < 1.29 is 23.5 Å². The third kappa shape index (κ3) is 4.02. The first-order chi connectivity index (χ1) is 12.6. The Morgan fingerprint density at radius 1 is 1.41 bits per heavy atom. The number of anilines is 1. The predicted molar refractivity (Wildman–Crippen MR) is 106 cm³/mol. The van der Waals surface area contributed by atoms with Gasteiger partial charge in [0.05, 0.1) is 31.4 Å². The number of rotatable bonds is 5. The number of carboxylic acid groups (broad SMARTS) is 1. The molecule has 1 aromatic carbocycles. The lowest BCUT2D eigenvalue weighted by molar-refractivity contribution is 0.0698. The summed E-state index contributed by atoms with van der Waals surface area (Å²) in [7, 11) is -1.89. The van der Waals surface area contributed by atoms with Crippen LogP contribution in [0.4, 0.5) is 6.01 Å². The summed E-state index contributed by atoms with van der Waals surface area (Å²) in [4.78, 5) is 18.0. The molecule has 1 N–H and O–H groups in total. The number of carboxylic acids is 1. The van der Waals surface area contributed by atoms with Gasteiger partial charge in [0, 0.05) is 6.54 Å². The summed E-state index contributed by atoms with van der Waals surface area (Å²) in [6.07, 6.45) is 0. The lowest BCUT2D eigenvalue weighted by atomic mass is 10.2. The van der Waals surface area contributed by atoms with Crippen LogP contribution >= 0.6 is 0 Å². The number of carbonyl (C=O) groups is 1. The van der Waals surface area contributed by atoms with Gasteiger partial charge in [-0.05, 0) is 30.3 Å². The summed E-state index contributed by atoms with van der Waals surface area (Å²) >= 11 is 0. The van der Waals surface area contributed by atoms with Crippen molar-refractivity contribution in [2.24, 2.45) is 0 Å². The molecule has 1 saturated heterocycles. The Labute approximate surface area is 160 Å². The average Bonchev–Trinajstić information content (AvgIpc) is 3.03. The maximum absolute atomic E-state index is 11.4. The average molecular weight is 393 g/mol. The number of ether oxygens (including phenoxy) is 1. The number of hydrogen-bond acceptors (Lipinski definition) is 6. The van der Waals surface area contributed by atoms with Crippen molar-refractivity contribution in [1.82, 2.24) is 4.98 Å². The third-order valence-electron chi connectivity index (χ3n) is 5.55. The summed E-state index contributed by atoms with van der Waals surface area (Å²) in [5.41, 5.74) is 0.987. The second-order valence-corrected chi connectivity index (χ2v) is 13.3. The van der Waals surface area contributed by atoms with E-state index in [-0.39, 0.29) is 16.6 Å². The van der Waals surface area contributed by atoms with E-state index >= 15 is 0 Å². The standard InChI is InChI=1S/C19H28N2O5Si/c1-19(2,3)27(4,5)25-12-13-11-24-10-9-21(13)18-20-16-14(17(22)23)7-6-8-15(16)26-18/h6-8,13H,9-12H2,1-5H3,(H,22,23). The number of benzene rings is 1. The van der Waals surface area contributed by atoms with Crippen LogP contribution in [0.15, 0.2) is 22.6 Å². The minimum absolute atomic E-state index is 0.0192. The summed E-state index contributed by atoms with van der Waals surface area (Å²) in [6.45, 7) is 13.3. The molecule has 0 amide bonds. The molecule has 1 aliphatic heterocycles. The number of fused-ring (bicyclic) bond motifs is 1. The maximum atomic E-state index is 11.4. The van der Waals surface area contributed by atoms with Crippen LogP contribution in [0.25, 0.3) is 11.1 Å². The van der Waals surface area contributed by atoms with E-state index in [0.717, 1.165) is 0 Å². The molecule has 148 valence electrons. The molecular weight excluding hydrogens is 364 g/mol. The van der Waals surface area contributed by atoms with Gasteiger partial charge in [-0.3, -0.25) is 0 Å². The second-order valence-electron chi connectivity index (χ2n) is 8.45. The van der Waals surface area contributed by atoms with Gasteiger partial charge in [0.25, 0.3) is 6.01 Å². The fraction of sp³-hybridized carbons (Fsp3) is 0.579. The molecule has 2 heterocycles. The molecule has 1 aliphatic rings. The highest BCUT2D eigenvalue weighted by atomic mass is 28.4. The fourth-order valence-corrected chi connectivity index (χ4v) is 3.84. The summed E-state index contributed by atoms with van der Waals surface area (Å²) in [5.74, 6) is -1.01. The van der Waals surface area contributed by atoms with E-state index < -0.39 is 14.3 Å². The Morgan fingerprint density at radius 2 is 2.15 bits per heavy atom. The van der Waals surface area contributed by atoms with E-state index in [0.29, 0.717) is 43.5 Å². The molecule has 0 saturated carbocycles. The van der Waals surface area contributed by atoms with E-state index in [9.17, 15) is 9.90 Å². The van der Waals surface area contributed by atoms with E-state index in [2.05, 4.69) is 38.8 Å². The van der Waals surface area contributed by atoms with Gasteiger partial charge in [0.2, 0.25) is 0 Å². The molecule has 27 heavy (non-hydrogen) atoms. The van der Waals surface area contributed by atoms with Crippen molar-refractivity contribution in [2.75, 3.05) is 31.3 Å². The molecule has 8 heteroatoms. The quantitative estimate of drug-likeness (QED) is 0.776. The van der Waals surface area contributed by atoms with Crippen molar-refractivity contribution in [3.05, 3.63) is 23.8 Å². The molecule has 7 nitrogen and oxygen atoms in total. The molecular formula is C19H28N2O5Si. The topological polar surface area (TPSA) is 85.0 Å². The molecule has 0 bridgehead atoms. The summed E-state index contributed by atoms with van der Waals surface area (Å²) < 4.78 is 17.9. The van der Waals surface area contributed by atoms with Crippen molar-refractivity contribution in [1.29, 1.82) is 0 Å². The van der Waals surface area contributed by atoms with Crippen LogP contribution in [-0.2, 0) is 9.16 Å². The summed E-state index contributed by atoms with van der Waals surface area (Å²) in [6, 6.07) is 5.34. The van der Waals surface area contributed by atoms with E-state index in [1.165, 1.54) is 6.07 Å². The zero-order valence-electron chi connectivity index (χ0n) is 16.6. The van der Waals surface area contributed by atoms with Crippen LogP contribution in [0.1, 0.15) is 31.1 Å². The first-order valence-corrected chi connectivity index (χ1v) is 12.1. The number of para-hydroxylation sites is 1. The minimum Gasteiger partial charge on any atom is -0.478 e. The molecule has 0 spiro atoms. The number of nitrogens with zero attached hydrogens (tertiary/aromatic N) is 2. The molecule has 2 aromatic rings. The molecule has 1 aromatic heterocycles. The fourth-order valence-electron chi connectivity index (χ4n) is 2.80. The van der Waals surface area contributed by atoms with E-state index in [1.807, 2.05) is 4.90 Å². The normalized spacial score (nSPS) is 18.9. The van der Waals surface area contributed by atoms with Crippen LogP contribution in [0.2, 0.25) is 18.1 Å². The number of oxazole rings is 1. The van der Waals surface area contributed by atoms with Crippen LogP contribution in [0.3, 0.4) is 0 Å². The first kappa shape index (κ1) is 19.8. The Bertz CT molecular complexity index is 827. The molecule has 1 unspecified atom stereocenters. The zero-order valence-corrected chi connectivity index (χ0v) is 17.6. The number of aromatic nitrogens is 1. The van der Waals surface area contributed by atoms with Gasteiger partial charge in [0.15, 0.2) is 13.9 Å². The highest BCUT2D eigenvalue weighted by molar-refractivity contribution is 6.74. The lowest BCUT2D eigenvalue weighted by Gasteiger charge is -2.40. The van der Waals surface area contributed by atoms with Crippen LogP contribution in [-0.4, -0.2) is 56.8 Å². The number of aromatic carboxylic acids is 1. The smallest absolute Gasteiger partial charge is 0.338 e. The van der Waals surface area contributed by atoms with Gasteiger partial charge in [-0.1, -0.05) is 26.8 Å². The molecule has 1 fully saturated rings. The maximum Gasteiger partial charge on any atom is 0.338 e. The first-order valence-electron chi connectivity index (χ1n) is 9.21. The third-order valence-corrected chi connectivity index (χ3v) is 10.1. The van der Waals surface area contributed by atoms with Crippen molar-refractivity contribution in [2.45, 2.75) is 44.9 Å². The Hall–Kier alpha value is -1.90. The largest absolute Gasteiger partial charge is 0.478 e. The monoisotopic (exact) mass is 392 g/mol. The van der Waals surface area contributed by atoms with Crippen molar-refractivity contribution >= 4 is 31.4 Å². The van der Waals surface area contributed by atoms with E-state index in [1.54, 1.807) is 12.1 Å². The minimum atomic E-state index is -1.89. The van der Waals surface area contributed by atoms with Crippen LogP contribution in [0.5, 0.6) is 0 Å². The molecule has 0 radical (unpaired) electrons. The molecule has 0 aliphatic carbocycles. The van der Waals surface area contributed by atoms with E-state index in [4.69, 9.17) is 13.6 Å². The van der Waals surface area contributed by atoms with Gasteiger partial charge in [0.1, 0.15) is 5.52 Å². The van der Waals surface area contributed by atoms with Crippen LogP contribution in [0, 0.1) is 0 Å². The Balaban J connectivity index is 1.84. The molecule has 1 atom stereocenters. The highest BCUT2D eigenvalue weighted by Crippen LogP contribution is 2.37. The van der Waals surface area contributed by atoms with Gasteiger partial charge < -0.3 is 23.6 Å². The van der Waals surface area contributed by atoms with Gasteiger partial charge in [-0.25, -0.2) is 4.79 Å².